The van der Waals surface area contributed by atoms with Crippen molar-refractivity contribution >= 4 is 39.8 Å². The summed E-state index contributed by atoms with van der Waals surface area (Å²) in [7, 11) is 0. The lowest BCUT2D eigenvalue weighted by atomic mass is 9.98. The number of nitrogens with zero attached hydrogens (tertiary/aromatic N) is 4. The minimum Gasteiger partial charge on any atom is -0.363 e. The van der Waals surface area contributed by atoms with Crippen LogP contribution in [0.25, 0.3) is 11.0 Å². The van der Waals surface area contributed by atoms with Gasteiger partial charge in [-0.1, -0.05) is 43.7 Å². The zero-order valence-electron chi connectivity index (χ0n) is 12.6. The third-order valence-electron chi connectivity index (χ3n) is 3.04. The smallest absolute Gasteiger partial charge is 0.161 e. The summed E-state index contributed by atoms with van der Waals surface area (Å²) < 4.78 is 0. The van der Waals surface area contributed by atoms with E-state index in [9.17, 15) is 0 Å². The fraction of sp³-hybridized carbons (Fsp3) is 0.333. The maximum absolute atomic E-state index is 5.92. The molecule has 114 valence electrons. The summed E-state index contributed by atoms with van der Waals surface area (Å²) in [4.78, 5) is 8.69. The lowest BCUT2D eigenvalue weighted by Gasteiger charge is -2.12. The lowest BCUT2D eigenvalue weighted by molar-refractivity contribution is 0.578. The van der Waals surface area contributed by atoms with Crippen molar-refractivity contribution in [3.63, 3.8) is 0 Å². The summed E-state index contributed by atoms with van der Waals surface area (Å²) in [5.41, 5.74) is 0.697. The molecule has 0 saturated heterocycles. The van der Waals surface area contributed by atoms with Gasteiger partial charge in [0, 0.05) is 17.0 Å². The highest BCUT2D eigenvalue weighted by Crippen LogP contribution is 2.25. The topological polar surface area (TPSA) is 63.6 Å². The summed E-state index contributed by atoms with van der Waals surface area (Å²) in [6.07, 6.45) is 1.60. The van der Waals surface area contributed by atoms with Crippen LogP contribution in [-0.4, -0.2) is 20.2 Å². The van der Waals surface area contributed by atoms with E-state index in [2.05, 4.69) is 46.3 Å². The molecular formula is C15H16ClN5S. The number of hydrogen-bond acceptors (Lipinski definition) is 6. The third kappa shape index (κ3) is 3.34. The lowest BCUT2D eigenvalue weighted by Crippen LogP contribution is -2.10. The van der Waals surface area contributed by atoms with Crippen LogP contribution in [-0.2, 0) is 12.0 Å². The second-order valence-corrected chi connectivity index (χ2v) is 7.50. The highest BCUT2D eigenvalue weighted by atomic mass is 35.5. The van der Waals surface area contributed by atoms with E-state index in [1.54, 1.807) is 17.5 Å². The maximum Gasteiger partial charge on any atom is 0.161 e. The first-order chi connectivity index (χ1) is 10.4. The SMILES string of the molecule is CC(C)(C)c1nnc(CNc2ccc3cc(Cl)cnc3n2)s1. The quantitative estimate of drug-likeness (QED) is 0.783. The number of fused-ring (bicyclic) bond motifs is 1. The Morgan fingerprint density at radius 1 is 1.23 bits per heavy atom. The fourth-order valence-corrected chi connectivity index (χ4v) is 2.88. The molecular weight excluding hydrogens is 318 g/mol. The summed E-state index contributed by atoms with van der Waals surface area (Å²) in [5, 5.41) is 15.2. The summed E-state index contributed by atoms with van der Waals surface area (Å²) in [5.74, 6) is 0.759. The van der Waals surface area contributed by atoms with Crippen LogP contribution >= 0.6 is 22.9 Å². The van der Waals surface area contributed by atoms with Gasteiger partial charge in [0.15, 0.2) is 5.65 Å². The molecule has 5 nitrogen and oxygen atoms in total. The number of anilines is 1. The van der Waals surface area contributed by atoms with Gasteiger partial charge in [0.1, 0.15) is 15.8 Å². The van der Waals surface area contributed by atoms with E-state index in [1.165, 1.54) is 0 Å². The van der Waals surface area contributed by atoms with Crippen molar-refractivity contribution in [1.82, 2.24) is 20.2 Å². The van der Waals surface area contributed by atoms with Gasteiger partial charge in [-0.3, -0.25) is 0 Å². The van der Waals surface area contributed by atoms with Gasteiger partial charge in [0.25, 0.3) is 0 Å². The number of nitrogens with one attached hydrogen (secondary N) is 1. The van der Waals surface area contributed by atoms with Gasteiger partial charge < -0.3 is 5.32 Å². The van der Waals surface area contributed by atoms with Crippen molar-refractivity contribution in [1.29, 1.82) is 0 Å². The average Bonchev–Trinajstić information content (AvgIpc) is 2.94. The standard InChI is InChI=1S/C15H16ClN5S/c1-15(2,3)14-21-20-12(22-14)8-17-11-5-4-9-6-10(16)7-18-13(9)19-11/h4-7H,8H2,1-3H3,(H,17,18,19). The van der Waals surface area contributed by atoms with Crippen molar-refractivity contribution in [3.05, 3.63) is 39.4 Å². The molecule has 0 unspecified atom stereocenters. The Hall–Kier alpha value is -1.79. The molecule has 0 fully saturated rings. The molecule has 3 aromatic rings. The molecule has 22 heavy (non-hydrogen) atoms. The van der Waals surface area contributed by atoms with E-state index < -0.39 is 0 Å². The van der Waals surface area contributed by atoms with Crippen LogP contribution in [0, 0.1) is 0 Å². The van der Waals surface area contributed by atoms with Gasteiger partial charge in [-0.2, -0.15) is 0 Å². The molecule has 0 amide bonds. The van der Waals surface area contributed by atoms with Gasteiger partial charge in [-0.15, -0.1) is 10.2 Å². The van der Waals surface area contributed by atoms with Crippen molar-refractivity contribution < 1.29 is 0 Å². The van der Waals surface area contributed by atoms with E-state index >= 15 is 0 Å². The zero-order valence-corrected chi connectivity index (χ0v) is 14.2. The van der Waals surface area contributed by atoms with E-state index in [1.807, 2.05) is 18.2 Å². The van der Waals surface area contributed by atoms with Gasteiger partial charge in [0.05, 0.1) is 11.6 Å². The Kier molecular flexibility index (Phi) is 3.97. The first-order valence-corrected chi connectivity index (χ1v) is 8.10. The molecule has 3 aromatic heterocycles. The largest absolute Gasteiger partial charge is 0.363 e. The van der Waals surface area contributed by atoms with Gasteiger partial charge in [-0.25, -0.2) is 9.97 Å². The Bertz CT molecular complexity index is 809. The molecule has 3 heterocycles. The molecule has 7 heteroatoms. The number of pyridine rings is 2. The Labute approximate surface area is 137 Å². The molecule has 1 N–H and O–H groups in total. The molecule has 0 aliphatic heterocycles. The number of hydrogen-bond donors (Lipinski definition) is 1. The summed E-state index contributed by atoms with van der Waals surface area (Å²) in [6.45, 7) is 6.99. The van der Waals surface area contributed by atoms with Crippen LogP contribution in [0.1, 0.15) is 30.8 Å². The van der Waals surface area contributed by atoms with Crippen LogP contribution in [0.15, 0.2) is 24.4 Å². The Morgan fingerprint density at radius 2 is 2.05 bits per heavy atom. The summed E-state index contributed by atoms with van der Waals surface area (Å²) in [6, 6.07) is 5.71. The minimum atomic E-state index is 0.0281. The van der Waals surface area contributed by atoms with E-state index in [4.69, 9.17) is 11.6 Å². The number of aromatic nitrogens is 4. The van der Waals surface area contributed by atoms with Crippen molar-refractivity contribution in [2.24, 2.45) is 0 Å². The molecule has 0 aliphatic carbocycles. The highest BCUT2D eigenvalue weighted by Gasteiger charge is 2.19. The van der Waals surface area contributed by atoms with Crippen LogP contribution in [0.5, 0.6) is 0 Å². The molecule has 0 saturated carbocycles. The van der Waals surface area contributed by atoms with Crippen molar-refractivity contribution in [2.75, 3.05) is 5.32 Å². The van der Waals surface area contributed by atoms with E-state index in [0.717, 1.165) is 21.2 Å². The molecule has 0 spiro atoms. The van der Waals surface area contributed by atoms with E-state index in [0.29, 0.717) is 17.2 Å². The maximum atomic E-state index is 5.92. The zero-order chi connectivity index (χ0) is 15.7. The molecule has 0 radical (unpaired) electrons. The van der Waals surface area contributed by atoms with Crippen molar-refractivity contribution in [3.8, 4) is 0 Å². The van der Waals surface area contributed by atoms with Gasteiger partial charge in [-0.05, 0) is 18.2 Å². The Morgan fingerprint density at radius 3 is 2.77 bits per heavy atom. The first kappa shape index (κ1) is 15.1. The number of halogens is 1. The molecule has 0 aliphatic rings. The molecule has 0 atom stereocenters. The van der Waals surface area contributed by atoms with Crippen LogP contribution in [0.2, 0.25) is 5.02 Å². The predicted molar refractivity (Wildman–Crippen MR) is 90.5 cm³/mol. The molecule has 0 bridgehead atoms. The van der Waals surface area contributed by atoms with Crippen molar-refractivity contribution in [2.45, 2.75) is 32.7 Å². The minimum absolute atomic E-state index is 0.0281. The van der Waals surface area contributed by atoms with Crippen LogP contribution < -0.4 is 5.32 Å². The van der Waals surface area contributed by atoms with Crippen LogP contribution in [0.3, 0.4) is 0 Å². The third-order valence-corrected chi connectivity index (χ3v) is 4.59. The second-order valence-electron chi connectivity index (χ2n) is 6.00. The Balaban J connectivity index is 1.73. The van der Waals surface area contributed by atoms with E-state index in [-0.39, 0.29) is 5.41 Å². The van der Waals surface area contributed by atoms with Gasteiger partial charge >= 0.3 is 0 Å². The first-order valence-electron chi connectivity index (χ1n) is 6.91. The highest BCUT2D eigenvalue weighted by molar-refractivity contribution is 7.11. The normalized spacial score (nSPS) is 11.8. The monoisotopic (exact) mass is 333 g/mol. The molecule has 3 rings (SSSR count). The molecule has 0 aromatic carbocycles. The fourth-order valence-electron chi connectivity index (χ4n) is 1.88. The predicted octanol–water partition coefficient (Wildman–Crippen LogP) is 4.04. The van der Waals surface area contributed by atoms with Crippen LogP contribution in [0.4, 0.5) is 5.82 Å². The summed E-state index contributed by atoms with van der Waals surface area (Å²) >= 11 is 7.54. The number of rotatable bonds is 3. The average molecular weight is 334 g/mol. The second kappa shape index (κ2) is 5.78. The van der Waals surface area contributed by atoms with Gasteiger partial charge in [0.2, 0.25) is 0 Å².